The smallest absolute Gasteiger partial charge is 0.264 e. The van der Waals surface area contributed by atoms with Gasteiger partial charge in [-0.1, -0.05) is 54.8 Å². The Hall–Kier alpha value is -3.56. The first kappa shape index (κ1) is 29.4. The van der Waals surface area contributed by atoms with Crippen LogP contribution < -0.4 is 14.4 Å². The molecule has 0 heterocycles. The van der Waals surface area contributed by atoms with E-state index >= 15 is 0 Å². The maximum atomic E-state index is 14.0. The summed E-state index contributed by atoms with van der Waals surface area (Å²) in [6.07, 6.45) is 3.92. The van der Waals surface area contributed by atoms with Gasteiger partial charge in [0.05, 0.1) is 17.7 Å². The molecule has 1 atom stereocenters. The molecule has 0 radical (unpaired) electrons. The number of methoxy groups -OCH3 is 1. The standard InChI is InChI=1S/C30H34ClN3O5S/c1-22(30(36)32-25-10-6-7-11-25)33(20-23-9-8-12-27(19-23)39-2)29(35)21-34(26-17-15-24(31)16-18-26)40(37,38)28-13-4-3-5-14-28/h3-5,8-9,12-19,22,25H,6-7,10-11,20-21H2,1-2H3,(H,32,36)/t22-/m1/s1. The summed E-state index contributed by atoms with van der Waals surface area (Å²) in [5, 5.41) is 3.50. The predicted octanol–water partition coefficient (Wildman–Crippen LogP) is 5.02. The number of amides is 2. The van der Waals surface area contributed by atoms with Crippen LogP contribution in [0.5, 0.6) is 5.75 Å². The summed E-state index contributed by atoms with van der Waals surface area (Å²) in [6, 6.07) is 20.6. The van der Waals surface area contributed by atoms with Gasteiger partial charge in [0.15, 0.2) is 0 Å². The highest BCUT2D eigenvalue weighted by Crippen LogP contribution is 2.26. The van der Waals surface area contributed by atoms with Crippen LogP contribution >= 0.6 is 11.6 Å². The molecule has 0 saturated heterocycles. The molecule has 1 saturated carbocycles. The van der Waals surface area contributed by atoms with E-state index in [1.54, 1.807) is 74.7 Å². The van der Waals surface area contributed by atoms with Gasteiger partial charge in [-0.15, -0.1) is 0 Å². The lowest BCUT2D eigenvalue weighted by Crippen LogP contribution is -2.52. The van der Waals surface area contributed by atoms with E-state index in [0.717, 1.165) is 35.6 Å². The van der Waals surface area contributed by atoms with Crippen molar-refractivity contribution in [3.05, 3.63) is 89.4 Å². The summed E-state index contributed by atoms with van der Waals surface area (Å²) >= 11 is 6.07. The van der Waals surface area contributed by atoms with E-state index in [2.05, 4.69) is 5.32 Å². The Bertz CT molecular complexity index is 1410. The number of benzene rings is 3. The second-order valence-corrected chi connectivity index (χ2v) is 12.1. The molecular formula is C30H34ClN3O5S. The van der Waals surface area contributed by atoms with Gasteiger partial charge in [0.2, 0.25) is 11.8 Å². The van der Waals surface area contributed by atoms with Gasteiger partial charge in [0.1, 0.15) is 18.3 Å². The molecule has 3 aromatic rings. The van der Waals surface area contributed by atoms with Gasteiger partial charge < -0.3 is 15.0 Å². The van der Waals surface area contributed by atoms with Crippen LogP contribution in [0.2, 0.25) is 5.02 Å². The summed E-state index contributed by atoms with van der Waals surface area (Å²) in [7, 11) is -2.57. The molecule has 3 aromatic carbocycles. The molecule has 4 rings (SSSR count). The van der Waals surface area contributed by atoms with Crippen molar-refractivity contribution in [2.75, 3.05) is 18.0 Å². The Morgan fingerprint density at radius 1 is 1.00 bits per heavy atom. The zero-order chi connectivity index (χ0) is 28.7. The fourth-order valence-corrected chi connectivity index (χ4v) is 6.36. The van der Waals surface area contributed by atoms with Crippen LogP contribution in [0.25, 0.3) is 0 Å². The highest BCUT2D eigenvalue weighted by molar-refractivity contribution is 7.92. The van der Waals surface area contributed by atoms with E-state index in [4.69, 9.17) is 16.3 Å². The molecule has 0 aliphatic heterocycles. The van der Waals surface area contributed by atoms with E-state index in [1.165, 1.54) is 17.0 Å². The van der Waals surface area contributed by atoms with Crippen LogP contribution in [-0.4, -0.2) is 50.9 Å². The van der Waals surface area contributed by atoms with Crippen LogP contribution in [0.3, 0.4) is 0 Å². The zero-order valence-electron chi connectivity index (χ0n) is 22.6. The lowest BCUT2D eigenvalue weighted by atomic mass is 10.1. The third-order valence-electron chi connectivity index (χ3n) is 7.08. The quantitative estimate of drug-likeness (QED) is 0.342. The summed E-state index contributed by atoms with van der Waals surface area (Å²) in [4.78, 5) is 28.8. The largest absolute Gasteiger partial charge is 0.497 e. The molecule has 1 aliphatic carbocycles. The molecular weight excluding hydrogens is 550 g/mol. The van der Waals surface area contributed by atoms with Crippen LogP contribution in [0.1, 0.15) is 38.2 Å². The summed E-state index contributed by atoms with van der Waals surface area (Å²) < 4.78 is 34.0. The number of ether oxygens (including phenoxy) is 1. The van der Waals surface area contributed by atoms with Crippen molar-refractivity contribution >= 4 is 39.1 Å². The average molecular weight is 584 g/mol. The maximum absolute atomic E-state index is 14.0. The number of carbonyl (C=O) groups is 2. The van der Waals surface area contributed by atoms with Crippen molar-refractivity contribution in [3.63, 3.8) is 0 Å². The Balaban J connectivity index is 1.68. The first-order valence-corrected chi connectivity index (χ1v) is 15.1. The van der Waals surface area contributed by atoms with Crippen LogP contribution in [-0.2, 0) is 26.2 Å². The minimum Gasteiger partial charge on any atom is -0.497 e. The van der Waals surface area contributed by atoms with E-state index in [0.29, 0.717) is 10.8 Å². The Labute approximate surface area is 240 Å². The Morgan fingerprint density at radius 2 is 1.68 bits per heavy atom. The number of nitrogens with zero attached hydrogens (tertiary/aromatic N) is 2. The number of hydrogen-bond donors (Lipinski definition) is 1. The van der Waals surface area contributed by atoms with Crippen LogP contribution in [0.4, 0.5) is 5.69 Å². The maximum Gasteiger partial charge on any atom is 0.264 e. The van der Waals surface area contributed by atoms with Crippen LogP contribution in [0.15, 0.2) is 83.8 Å². The first-order chi connectivity index (χ1) is 19.2. The number of anilines is 1. The second kappa shape index (κ2) is 13.2. The molecule has 0 bridgehead atoms. The number of rotatable bonds is 11. The molecule has 0 unspecified atom stereocenters. The average Bonchev–Trinajstić information content (AvgIpc) is 3.48. The van der Waals surface area contributed by atoms with Crippen molar-refractivity contribution in [1.82, 2.24) is 10.2 Å². The van der Waals surface area contributed by atoms with E-state index in [9.17, 15) is 18.0 Å². The van der Waals surface area contributed by atoms with Crippen molar-refractivity contribution in [1.29, 1.82) is 0 Å². The minimum absolute atomic E-state index is 0.0455. The van der Waals surface area contributed by atoms with E-state index in [1.807, 2.05) is 6.07 Å². The number of carbonyl (C=O) groups excluding carboxylic acids is 2. The first-order valence-electron chi connectivity index (χ1n) is 13.2. The van der Waals surface area contributed by atoms with E-state index in [-0.39, 0.29) is 29.1 Å². The molecule has 1 fully saturated rings. The van der Waals surface area contributed by atoms with Gasteiger partial charge in [-0.05, 0) is 73.9 Å². The highest BCUT2D eigenvalue weighted by atomic mass is 35.5. The monoisotopic (exact) mass is 583 g/mol. The van der Waals surface area contributed by atoms with Gasteiger partial charge in [-0.25, -0.2) is 8.42 Å². The molecule has 0 spiro atoms. The zero-order valence-corrected chi connectivity index (χ0v) is 24.2. The molecule has 10 heteroatoms. The fraction of sp³-hybridized carbons (Fsp3) is 0.333. The number of hydrogen-bond acceptors (Lipinski definition) is 5. The normalized spacial score (nSPS) is 14.4. The van der Waals surface area contributed by atoms with Gasteiger partial charge >= 0.3 is 0 Å². The predicted molar refractivity (Wildman–Crippen MR) is 156 cm³/mol. The number of nitrogens with one attached hydrogen (secondary N) is 1. The second-order valence-electron chi connectivity index (χ2n) is 9.84. The summed E-state index contributed by atoms with van der Waals surface area (Å²) in [5.41, 5.74) is 1.03. The van der Waals surface area contributed by atoms with Crippen molar-refractivity contribution in [2.45, 2.75) is 56.1 Å². The molecule has 8 nitrogen and oxygen atoms in total. The molecule has 1 N–H and O–H groups in total. The SMILES string of the molecule is COc1cccc(CN(C(=O)CN(c2ccc(Cl)cc2)S(=O)(=O)c2ccccc2)[C@H](C)C(=O)NC2CCCC2)c1. The summed E-state index contributed by atoms with van der Waals surface area (Å²) in [6.45, 7) is 1.25. The fourth-order valence-electron chi connectivity index (χ4n) is 4.80. The molecule has 1 aliphatic rings. The van der Waals surface area contributed by atoms with Crippen molar-refractivity contribution < 1.29 is 22.7 Å². The topological polar surface area (TPSA) is 96.0 Å². The van der Waals surface area contributed by atoms with Gasteiger partial charge in [0.25, 0.3) is 10.0 Å². The van der Waals surface area contributed by atoms with Crippen molar-refractivity contribution in [2.24, 2.45) is 0 Å². The molecule has 0 aromatic heterocycles. The lowest BCUT2D eigenvalue weighted by molar-refractivity contribution is -0.139. The molecule has 212 valence electrons. The Morgan fingerprint density at radius 3 is 2.33 bits per heavy atom. The lowest BCUT2D eigenvalue weighted by Gasteiger charge is -2.32. The van der Waals surface area contributed by atoms with Crippen molar-refractivity contribution in [3.8, 4) is 5.75 Å². The van der Waals surface area contributed by atoms with Gasteiger partial charge in [-0.3, -0.25) is 13.9 Å². The van der Waals surface area contributed by atoms with Crippen LogP contribution in [0, 0.1) is 0 Å². The molecule has 2 amide bonds. The van der Waals surface area contributed by atoms with Gasteiger partial charge in [-0.2, -0.15) is 0 Å². The van der Waals surface area contributed by atoms with E-state index < -0.39 is 28.5 Å². The third-order valence-corrected chi connectivity index (χ3v) is 9.12. The van der Waals surface area contributed by atoms with Gasteiger partial charge in [0, 0.05) is 17.6 Å². The summed E-state index contributed by atoms with van der Waals surface area (Å²) in [5.74, 6) is -0.180. The number of halogens is 1. The molecule has 40 heavy (non-hydrogen) atoms. The number of sulfonamides is 1. The Kier molecular flexibility index (Phi) is 9.71. The minimum atomic E-state index is -4.12. The third kappa shape index (κ3) is 7.14. The highest BCUT2D eigenvalue weighted by Gasteiger charge is 2.33.